The van der Waals surface area contributed by atoms with E-state index < -0.39 is 0 Å². The number of nitrogens with zero attached hydrogens (tertiary/aromatic N) is 1. The van der Waals surface area contributed by atoms with Crippen molar-refractivity contribution in [3.8, 4) is 0 Å². The van der Waals surface area contributed by atoms with Gasteiger partial charge in [-0.1, -0.05) is 13.8 Å². The van der Waals surface area contributed by atoms with Crippen LogP contribution in [0.25, 0.3) is 0 Å². The first-order chi connectivity index (χ1) is 8.13. The lowest BCUT2D eigenvalue weighted by Gasteiger charge is -2.02. The third-order valence-corrected chi connectivity index (χ3v) is 3.45. The van der Waals surface area contributed by atoms with Gasteiger partial charge in [0.05, 0.1) is 0 Å². The van der Waals surface area contributed by atoms with E-state index in [1.807, 2.05) is 13.1 Å². The van der Waals surface area contributed by atoms with Crippen LogP contribution in [0.15, 0.2) is 6.20 Å². The van der Waals surface area contributed by atoms with E-state index in [9.17, 15) is 4.79 Å². The SMILES string of the molecule is CCOCCCC(=O)Nc1ncc(C(C)C)s1. The number of carbonyl (C=O) groups is 1. The average Bonchev–Trinajstić information content (AvgIpc) is 2.73. The number of anilines is 1. The van der Waals surface area contributed by atoms with Crippen LogP contribution in [-0.4, -0.2) is 24.1 Å². The number of thiazole rings is 1. The Morgan fingerprint density at radius 1 is 1.59 bits per heavy atom. The molecule has 1 amide bonds. The first kappa shape index (κ1) is 14.1. The van der Waals surface area contributed by atoms with Crippen LogP contribution in [0.2, 0.25) is 0 Å². The first-order valence-electron chi connectivity index (χ1n) is 5.96. The molecular formula is C12H20N2O2S. The highest BCUT2D eigenvalue weighted by Crippen LogP contribution is 2.25. The molecule has 0 fully saturated rings. The summed E-state index contributed by atoms with van der Waals surface area (Å²) in [6.07, 6.45) is 3.06. The van der Waals surface area contributed by atoms with Crippen molar-refractivity contribution >= 4 is 22.4 Å². The van der Waals surface area contributed by atoms with Crippen molar-refractivity contribution in [3.05, 3.63) is 11.1 Å². The Morgan fingerprint density at radius 2 is 2.35 bits per heavy atom. The zero-order chi connectivity index (χ0) is 12.7. The summed E-state index contributed by atoms with van der Waals surface area (Å²) in [5, 5.41) is 3.50. The van der Waals surface area contributed by atoms with E-state index in [2.05, 4.69) is 24.1 Å². The molecule has 1 aromatic heterocycles. The molecule has 1 aromatic rings. The molecule has 0 aliphatic carbocycles. The Labute approximate surface area is 106 Å². The van der Waals surface area contributed by atoms with Crippen LogP contribution in [0.3, 0.4) is 0 Å². The van der Waals surface area contributed by atoms with Gasteiger partial charge in [0, 0.05) is 30.7 Å². The quantitative estimate of drug-likeness (QED) is 0.763. The topological polar surface area (TPSA) is 51.2 Å². The highest BCUT2D eigenvalue weighted by Gasteiger charge is 2.08. The van der Waals surface area contributed by atoms with E-state index in [-0.39, 0.29) is 5.91 Å². The Hall–Kier alpha value is -0.940. The van der Waals surface area contributed by atoms with Crippen LogP contribution in [0, 0.1) is 0 Å². The molecule has 0 spiro atoms. The lowest BCUT2D eigenvalue weighted by molar-refractivity contribution is -0.116. The van der Waals surface area contributed by atoms with Crippen molar-refractivity contribution in [2.45, 2.75) is 39.5 Å². The van der Waals surface area contributed by atoms with Crippen LogP contribution in [0.4, 0.5) is 5.13 Å². The number of amides is 1. The number of ether oxygens (including phenoxy) is 1. The molecule has 0 aliphatic rings. The minimum absolute atomic E-state index is 0.00867. The second kappa shape index (κ2) is 7.40. The monoisotopic (exact) mass is 256 g/mol. The maximum atomic E-state index is 11.6. The maximum Gasteiger partial charge on any atom is 0.226 e. The van der Waals surface area contributed by atoms with E-state index in [1.54, 1.807) is 0 Å². The fourth-order valence-electron chi connectivity index (χ4n) is 1.27. The van der Waals surface area contributed by atoms with Gasteiger partial charge in [-0.25, -0.2) is 4.98 Å². The van der Waals surface area contributed by atoms with Crippen molar-refractivity contribution < 1.29 is 9.53 Å². The van der Waals surface area contributed by atoms with Crippen LogP contribution < -0.4 is 5.32 Å². The molecule has 17 heavy (non-hydrogen) atoms. The van der Waals surface area contributed by atoms with Gasteiger partial charge in [0.25, 0.3) is 0 Å². The first-order valence-corrected chi connectivity index (χ1v) is 6.78. The van der Waals surface area contributed by atoms with E-state index in [4.69, 9.17) is 4.74 Å². The molecule has 0 unspecified atom stereocenters. The number of hydrogen-bond donors (Lipinski definition) is 1. The number of nitrogens with one attached hydrogen (secondary N) is 1. The molecule has 1 N–H and O–H groups in total. The molecule has 0 radical (unpaired) electrons. The predicted octanol–water partition coefficient (Wildman–Crippen LogP) is 3.02. The van der Waals surface area contributed by atoms with Gasteiger partial charge >= 0.3 is 0 Å². The normalized spacial score (nSPS) is 10.8. The Kier molecular flexibility index (Phi) is 6.15. The van der Waals surface area contributed by atoms with Crippen molar-refractivity contribution in [1.82, 2.24) is 4.98 Å². The fraction of sp³-hybridized carbons (Fsp3) is 0.667. The number of aromatic nitrogens is 1. The zero-order valence-corrected chi connectivity index (χ0v) is 11.5. The molecule has 4 nitrogen and oxygen atoms in total. The predicted molar refractivity (Wildman–Crippen MR) is 70.6 cm³/mol. The number of carbonyl (C=O) groups excluding carboxylic acids is 1. The molecule has 0 saturated heterocycles. The van der Waals surface area contributed by atoms with E-state index >= 15 is 0 Å². The highest BCUT2D eigenvalue weighted by atomic mass is 32.1. The van der Waals surface area contributed by atoms with Gasteiger partial charge in [-0.15, -0.1) is 11.3 Å². The average molecular weight is 256 g/mol. The molecule has 0 atom stereocenters. The molecule has 5 heteroatoms. The molecule has 96 valence electrons. The smallest absolute Gasteiger partial charge is 0.226 e. The summed E-state index contributed by atoms with van der Waals surface area (Å²) in [5.74, 6) is 0.463. The van der Waals surface area contributed by atoms with E-state index in [0.717, 1.165) is 6.42 Å². The third-order valence-electron chi connectivity index (χ3n) is 2.24. The standard InChI is InChI=1S/C12H20N2O2S/c1-4-16-7-5-6-11(15)14-12-13-8-10(17-12)9(2)3/h8-9H,4-7H2,1-3H3,(H,13,14,15). The van der Waals surface area contributed by atoms with Gasteiger partial charge in [0.2, 0.25) is 5.91 Å². The van der Waals surface area contributed by atoms with Gasteiger partial charge in [-0.2, -0.15) is 0 Å². The summed E-state index contributed by atoms with van der Waals surface area (Å²) in [6.45, 7) is 7.51. The van der Waals surface area contributed by atoms with E-state index in [0.29, 0.717) is 30.7 Å². The molecule has 0 aromatic carbocycles. The van der Waals surface area contributed by atoms with Crippen molar-refractivity contribution in [2.75, 3.05) is 18.5 Å². The lowest BCUT2D eigenvalue weighted by atomic mass is 10.2. The van der Waals surface area contributed by atoms with Gasteiger partial charge in [-0.3, -0.25) is 4.79 Å². The number of rotatable bonds is 7. The lowest BCUT2D eigenvalue weighted by Crippen LogP contribution is -2.11. The zero-order valence-electron chi connectivity index (χ0n) is 10.7. The summed E-state index contributed by atoms with van der Waals surface area (Å²) in [6, 6.07) is 0. The van der Waals surface area contributed by atoms with Crippen LogP contribution in [-0.2, 0) is 9.53 Å². The minimum atomic E-state index is 0.00867. The molecular weight excluding hydrogens is 236 g/mol. The number of hydrogen-bond acceptors (Lipinski definition) is 4. The highest BCUT2D eigenvalue weighted by molar-refractivity contribution is 7.15. The minimum Gasteiger partial charge on any atom is -0.382 e. The van der Waals surface area contributed by atoms with Crippen LogP contribution in [0.5, 0.6) is 0 Å². The van der Waals surface area contributed by atoms with Crippen LogP contribution >= 0.6 is 11.3 Å². The summed E-state index contributed by atoms with van der Waals surface area (Å²) < 4.78 is 5.18. The summed E-state index contributed by atoms with van der Waals surface area (Å²) in [7, 11) is 0. The van der Waals surface area contributed by atoms with Gasteiger partial charge in [0.1, 0.15) is 0 Å². The molecule has 0 saturated carbocycles. The second-order valence-electron chi connectivity index (χ2n) is 4.07. The van der Waals surface area contributed by atoms with Crippen molar-refractivity contribution in [1.29, 1.82) is 0 Å². The summed E-state index contributed by atoms with van der Waals surface area (Å²) >= 11 is 1.54. The second-order valence-corrected chi connectivity index (χ2v) is 5.13. The van der Waals surface area contributed by atoms with Crippen molar-refractivity contribution in [2.24, 2.45) is 0 Å². The van der Waals surface area contributed by atoms with E-state index in [1.165, 1.54) is 16.2 Å². The Balaban J connectivity index is 2.29. The van der Waals surface area contributed by atoms with Gasteiger partial charge in [0.15, 0.2) is 5.13 Å². The van der Waals surface area contributed by atoms with Crippen molar-refractivity contribution in [3.63, 3.8) is 0 Å². The Morgan fingerprint density at radius 3 is 2.94 bits per heavy atom. The maximum absolute atomic E-state index is 11.6. The fourth-order valence-corrected chi connectivity index (χ4v) is 2.11. The molecule has 0 bridgehead atoms. The molecule has 0 aliphatic heterocycles. The van der Waals surface area contributed by atoms with Gasteiger partial charge in [-0.05, 0) is 19.3 Å². The Bertz CT molecular complexity index is 350. The van der Waals surface area contributed by atoms with Crippen LogP contribution in [0.1, 0.15) is 44.4 Å². The molecule has 1 rings (SSSR count). The summed E-state index contributed by atoms with van der Waals surface area (Å²) in [4.78, 5) is 16.9. The van der Waals surface area contributed by atoms with Gasteiger partial charge < -0.3 is 10.1 Å². The third kappa shape index (κ3) is 5.28. The molecule has 1 heterocycles. The largest absolute Gasteiger partial charge is 0.382 e. The summed E-state index contributed by atoms with van der Waals surface area (Å²) in [5.41, 5.74) is 0.